The first-order valence-corrected chi connectivity index (χ1v) is 7.89. The summed E-state index contributed by atoms with van der Waals surface area (Å²) in [6.45, 7) is 4.04. The fourth-order valence-electron chi connectivity index (χ4n) is 3.02. The summed E-state index contributed by atoms with van der Waals surface area (Å²) >= 11 is 0. The molecule has 5 heteroatoms. The van der Waals surface area contributed by atoms with Crippen LogP contribution in [-0.4, -0.2) is 18.4 Å². The van der Waals surface area contributed by atoms with Gasteiger partial charge in [0.25, 0.3) is 0 Å². The Labute approximate surface area is 140 Å². The van der Waals surface area contributed by atoms with E-state index in [9.17, 15) is 14.0 Å². The van der Waals surface area contributed by atoms with E-state index in [0.29, 0.717) is 0 Å². The van der Waals surface area contributed by atoms with Gasteiger partial charge in [-0.2, -0.15) is 0 Å². The lowest BCUT2D eigenvalue weighted by atomic mass is 10.1. The zero-order chi connectivity index (χ0) is 17.3. The van der Waals surface area contributed by atoms with Gasteiger partial charge in [0.15, 0.2) is 0 Å². The number of carbonyl (C=O) groups excluding carboxylic acids is 2. The minimum absolute atomic E-state index is 0.0884. The van der Waals surface area contributed by atoms with Crippen LogP contribution in [0.3, 0.4) is 0 Å². The average Bonchev–Trinajstić information content (AvgIpc) is 2.93. The highest BCUT2D eigenvalue weighted by Gasteiger charge is 2.36. The first kappa shape index (κ1) is 16.2. The van der Waals surface area contributed by atoms with Gasteiger partial charge in [0.05, 0.1) is 11.6 Å². The third-order valence-corrected chi connectivity index (χ3v) is 4.37. The molecule has 0 bridgehead atoms. The lowest BCUT2D eigenvalue weighted by Gasteiger charge is -2.18. The van der Waals surface area contributed by atoms with Crippen LogP contribution >= 0.6 is 0 Å². The van der Waals surface area contributed by atoms with Crippen LogP contribution in [0.2, 0.25) is 0 Å². The zero-order valence-electron chi connectivity index (χ0n) is 13.7. The first-order chi connectivity index (χ1) is 11.5. The maximum atomic E-state index is 13.9. The molecule has 1 aliphatic heterocycles. The maximum absolute atomic E-state index is 13.9. The number of carbonyl (C=O) groups is 2. The smallest absolute Gasteiger partial charge is 0.229 e. The summed E-state index contributed by atoms with van der Waals surface area (Å²) < 4.78 is 13.9. The van der Waals surface area contributed by atoms with Crippen LogP contribution in [0.15, 0.2) is 42.5 Å². The third kappa shape index (κ3) is 3.02. The van der Waals surface area contributed by atoms with Crippen molar-refractivity contribution in [3.8, 4) is 0 Å². The molecule has 2 aromatic rings. The van der Waals surface area contributed by atoms with Gasteiger partial charge in [0, 0.05) is 18.7 Å². The Morgan fingerprint density at radius 3 is 2.46 bits per heavy atom. The molecule has 0 aliphatic carbocycles. The van der Waals surface area contributed by atoms with E-state index < -0.39 is 11.7 Å². The number of nitrogens with zero attached hydrogens (tertiary/aromatic N) is 1. The number of benzene rings is 2. The Morgan fingerprint density at radius 2 is 1.79 bits per heavy atom. The Bertz CT molecular complexity index is 783. The van der Waals surface area contributed by atoms with Crippen molar-refractivity contribution in [1.82, 2.24) is 0 Å². The van der Waals surface area contributed by atoms with Crippen molar-refractivity contribution < 1.29 is 14.0 Å². The van der Waals surface area contributed by atoms with E-state index in [2.05, 4.69) is 5.32 Å². The molecule has 1 unspecified atom stereocenters. The Morgan fingerprint density at radius 1 is 1.12 bits per heavy atom. The largest absolute Gasteiger partial charge is 0.325 e. The van der Waals surface area contributed by atoms with E-state index in [0.717, 1.165) is 16.8 Å². The number of aryl methyl sites for hydroxylation is 2. The zero-order valence-corrected chi connectivity index (χ0v) is 13.7. The van der Waals surface area contributed by atoms with Crippen molar-refractivity contribution in [2.45, 2.75) is 20.3 Å². The second-order valence-electron chi connectivity index (χ2n) is 6.11. The molecule has 0 spiro atoms. The van der Waals surface area contributed by atoms with Crippen molar-refractivity contribution in [1.29, 1.82) is 0 Å². The van der Waals surface area contributed by atoms with E-state index in [1.165, 1.54) is 11.0 Å². The molecule has 3 rings (SSSR count). The molecular weight excluding hydrogens is 307 g/mol. The van der Waals surface area contributed by atoms with Crippen LogP contribution in [0.4, 0.5) is 15.8 Å². The van der Waals surface area contributed by atoms with Gasteiger partial charge in [-0.05, 0) is 37.1 Å². The minimum atomic E-state index is -0.490. The molecule has 1 aliphatic rings. The van der Waals surface area contributed by atoms with E-state index in [-0.39, 0.29) is 30.5 Å². The van der Waals surface area contributed by atoms with Crippen LogP contribution in [0, 0.1) is 25.6 Å². The molecular formula is C19H19FN2O2. The van der Waals surface area contributed by atoms with Gasteiger partial charge < -0.3 is 10.2 Å². The Balaban J connectivity index is 1.76. The molecule has 1 saturated heterocycles. The number of hydrogen-bond donors (Lipinski definition) is 1. The Hall–Kier alpha value is -2.69. The van der Waals surface area contributed by atoms with Crippen LogP contribution in [0.5, 0.6) is 0 Å². The molecule has 1 N–H and O–H groups in total. The summed E-state index contributed by atoms with van der Waals surface area (Å²) in [4.78, 5) is 26.1. The predicted octanol–water partition coefficient (Wildman–Crippen LogP) is 3.43. The number of halogens is 1. The molecule has 4 nitrogen and oxygen atoms in total. The van der Waals surface area contributed by atoms with E-state index in [4.69, 9.17) is 0 Å². The van der Waals surface area contributed by atoms with Crippen LogP contribution in [0.1, 0.15) is 17.5 Å². The minimum Gasteiger partial charge on any atom is -0.325 e. The van der Waals surface area contributed by atoms with E-state index >= 15 is 0 Å². The highest BCUT2D eigenvalue weighted by Crippen LogP contribution is 2.28. The summed E-state index contributed by atoms with van der Waals surface area (Å²) in [5.41, 5.74) is 2.95. The van der Waals surface area contributed by atoms with Gasteiger partial charge in [-0.25, -0.2) is 4.39 Å². The van der Waals surface area contributed by atoms with Gasteiger partial charge in [0.1, 0.15) is 5.82 Å². The topological polar surface area (TPSA) is 49.4 Å². The van der Waals surface area contributed by atoms with Crippen LogP contribution in [-0.2, 0) is 9.59 Å². The number of nitrogens with one attached hydrogen (secondary N) is 1. The van der Waals surface area contributed by atoms with Crippen molar-refractivity contribution in [2.75, 3.05) is 16.8 Å². The third-order valence-electron chi connectivity index (χ3n) is 4.37. The lowest BCUT2D eigenvalue weighted by Crippen LogP contribution is -2.29. The SMILES string of the molecule is Cc1cccc(C)c1NC(=O)C1CC(=O)N(c2ccccc2F)C1. The summed E-state index contributed by atoms with van der Waals surface area (Å²) in [6.07, 6.45) is 0.0884. The predicted molar refractivity (Wildman–Crippen MR) is 91.4 cm³/mol. The molecule has 124 valence electrons. The van der Waals surface area contributed by atoms with Crippen molar-refractivity contribution >= 4 is 23.2 Å². The van der Waals surface area contributed by atoms with Crippen LogP contribution in [0.25, 0.3) is 0 Å². The fraction of sp³-hybridized carbons (Fsp3) is 0.263. The molecule has 0 radical (unpaired) electrons. The molecule has 24 heavy (non-hydrogen) atoms. The summed E-state index contributed by atoms with van der Waals surface area (Å²) in [5, 5.41) is 2.92. The number of para-hydroxylation sites is 2. The standard InChI is InChI=1S/C19H19FN2O2/c1-12-6-5-7-13(2)18(12)21-19(24)14-10-17(23)22(11-14)16-9-4-3-8-15(16)20/h3-9,14H,10-11H2,1-2H3,(H,21,24). The Kier molecular flexibility index (Phi) is 4.34. The molecule has 1 atom stereocenters. The summed E-state index contributed by atoms with van der Waals surface area (Å²) in [5.74, 6) is -1.39. The molecule has 2 amide bonds. The lowest BCUT2D eigenvalue weighted by molar-refractivity contribution is -0.122. The van der Waals surface area contributed by atoms with E-state index in [1.807, 2.05) is 32.0 Å². The summed E-state index contributed by atoms with van der Waals surface area (Å²) in [6, 6.07) is 11.9. The second-order valence-corrected chi connectivity index (χ2v) is 6.11. The molecule has 2 aromatic carbocycles. The molecule has 0 saturated carbocycles. The second kappa shape index (κ2) is 6.43. The summed E-state index contributed by atoms with van der Waals surface area (Å²) in [7, 11) is 0. The van der Waals surface area contributed by atoms with Gasteiger partial charge in [-0.15, -0.1) is 0 Å². The highest BCUT2D eigenvalue weighted by molar-refractivity contribution is 6.04. The highest BCUT2D eigenvalue weighted by atomic mass is 19.1. The van der Waals surface area contributed by atoms with Gasteiger partial charge >= 0.3 is 0 Å². The quantitative estimate of drug-likeness (QED) is 0.939. The van der Waals surface area contributed by atoms with Crippen molar-refractivity contribution in [3.05, 3.63) is 59.4 Å². The number of rotatable bonds is 3. The van der Waals surface area contributed by atoms with Crippen molar-refractivity contribution in [3.63, 3.8) is 0 Å². The number of amides is 2. The fourth-order valence-corrected chi connectivity index (χ4v) is 3.02. The number of hydrogen-bond acceptors (Lipinski definition) is 2. The van der Waals surface area contributed by atoms with Crippen LogP contribution < -0.4 is 10.2 Å². The monoisotopic (exact) mass is 326 g/mol. The van der Waals surface area contributed by atoms with Crippen molar-refractivity contribution in [2.24, 2.45) is 5.92 Å². The molecule has 1 heterocycles. The normalized spacial score (nSPS) is 17.2. The molecule has 1 fully saturated rings. The maximum Gasteiger partial charge on any atom is 0.229 e. The molecule has 0 aromatic heterocycles. The van der Waals surface area contributed by atoms with Gasteiger partial charge in [0.2, 0.25) is 11.8 Å². The van der Waals surface area contributed by atoms with Gasteiger partial charge in [-0.3, -0.25) is 9.59 Å². The average molecular weight is 326 g/mol. The van der Waals surface area contributed by atoms with E-state index in [1.54, 1.807) is 18.2 Å². The first-order valence-electron chi connectivity index (χ1n) is 7.89. The van der Waals surface area contributed by atoms with Gasteiger partial charge in [-0.1, -0.05) is 30.3 Å². The number of anilines is 2.